The fourth-order valence-electron chi connectivity index (χ4n) is 2.45. The van der Waals surface area contributed by atoms with E-state index in [0.29, 0.717) is 29.0 Å². The number of unbranched alkanes of at least 4 members (excludes halogenated alkanes) is 1. The lowest BCUT2D eigenvalue weighted by molar-refractivity contribution is -0.114. The number of ether oxygens (including phenoxy) is 1. The van der Waals surface area contributed by atoms with E-state index in [1.54, 1.807) is 48.5 Å². The topological polar surface area (TPSA) is 96.5 Å². The van der Waals surface area contributed by atoms with Crippen molar-refractivity contribution in [2.24, 2.45) is 0 Å². The maximum Gasteiger partial charge on any atom is 0.337 e. The van der Waals surface area contributed by atoms with E-state index < -0.39 is 5.97 Å². The molecule has 0 atom stereocenters. The minimum atomic E-state index is -0.414. The van der Waals surface area contributed by atoms with Crippen molar-refractivity contribution in [3.05, 3.63) is 59.7 Å². The Labute approximate surface area is 164 Å². The van der Waals surface area contributed by atoms with Gasteiger partial charge in [0.1, 0.15) is 0 Å². The zero-order valence-electron chi connectivity index (χ0n) is 16.1. The van der Waals surface area contributed by atoms with Gasteiger partial charge in [0.2, 0.25) is 5.91 Å². The third-order valence-electron chi connectivity index (χ3n) is 3.98. The smallest absolute Gasteiger partial charge is 0.337 e. The molecule has 0 bridgehead atoms. The fourth-order valence-corrected chi connectivity index (χ4v) is 2.45. The molecule has 0 aliphatic carbocycles. The molecule has 148 valence electrons. The second-order valence-corrected chi connectivity index (χ2v) is 6.16. The largest absolute Gasteiger partial charge is 0.465 e. The highest BCUT2D eigenvalue weighted by molar-refractivity contribution is 5.98. The van der Waals surface area contributed by atoms with Crippen LogP contribution in [0.1, 0.15) is 40.5 Å². The van der Waals surface area contributed by atoms with Crippen LogP contribution in [-0.2, 0) is 9.53 Å². The van der Waals surface area contributed by atoms with Gasteiger partial charge in [-0.3, -0.25) is 9.59 Å². The van der Waals surface area contributed by atoms with Crippen LogP contribution in [0, 0.1) is 0 Å². The Hall–Kier alpha value is -3.35. The number of nitrogens with one attached hydrogen (secondary N) is 3. The van der Waals surface area contributed by atoms with Crippen molar-refractivity contribution in [2.45, 2.75) is 19.8 Å². The number of amides is 2. The predicted molar refractivity (Wildman–Crippen MR) is 109 cm³/mol. The third kappa shape index (κ3) is 6.42. The van der Waals surface area contributed by atoms with Gasteiger partial charge in [0.05, 0.1) is 19.2 Å². The summed E-state index contributed by atoms with van der Waals surface area (Å²) in [6.07, 6.45) is 1.93. The zero-order valence-corrected chi connectivity index (χ0v) is 16.1. The number of hydrogen-bond donors (Lipinski definition) is 3. The van der Waals surface area contributed by atoms with Gasteiger partial charge < -0.3 is 20.7 Å². The Bertz CT molecular complexity index is 819. The van der Waals surface area contributed by atoms with E-state index in [4.69, 9.17) is 0 Å². The summed E-state index contributed by atoms with van der Waals surface area (Å²) >= 11 is 0. The van der Waals surface area contributed by atoms with Crippen molar-refractivity contribution in [3.8, 4) is 0 Å². The quantitative estimate of drug-likeness (QED) is 0.457. The van der Waals surface area contributed by atoms with Crippen LogP contribution in [0.15, 0.2) is 48.5 Å². The van der Waals surface area contributed by atoms with Gasteiger partial charge in [-0.25, -0.2) is 4.79 Å². The van der Waals surface area contributed by atoms with E-state index in [1.807, 2.05) is 0 Å². The monoisotopic (exact) mass is 383 g/mol. The molecule has 0 saturated carbocycles. The van der Waals surface area contributed by atoms with Crippen LogP contribution in [0.4, 0.5) is 11.4 Å². The molecule has 2 amide bonds. The van der Waals surface area contributed by atoms with Gasteiger partial charge in [-0.05, 0) is 48.9 Å². The number of methoxy groups -OCH3 is 1. The Balaban J connectivity index is 1.86. The number of esters is 1. The maximum absolute atomic E-state index is 12.2. The Morgan fingerprint density at radius 3 is 2.39 bits per heavy atom. The summed E-state index contributed by atoms with van der Waals surface area (Å²) < 4.78 is 4.64. The lowest BCUT2D eigenvalue weighted by Crippen LogP contribution is -2.25. The highest BCUT2D eigenvalue weighted by Crippen LogP contribution is 2.12. The number of benzene rings is 2. The molecule has 28 heavy (non-hydrogen) atoms. The summed E-state index contributed by atoms with van der Waals surface area (Å²) in [5, 5.41) is 8.58. The molecule has 0 saturated heterocycles. The number of hydrogen-bond acceptors (Lipinski definition) is 5. The van der Waals surface area contributed by atoms with Crippen LogP contribution < -0.4 is 16.0 Å². The van der Waals surface area contributed by atoms with Crippen LogP contribution in [0.3, 0.4) is 0 Å². The van der Waals surface area contributed by atoms with Gasteiger partial charge in [-0.1, -0.05) is 19.4 Å². The predicted octanol–water partition coefficient (Wildman–Crippen LogP) is 3.05. The van der Waals surface area contributed by atoms with Crippen molar-refractivity contribution >= 4 is 29.2 Å². The summed E-state index contributed by atoms with van der Waals surface area (Å²) in [5.41, 5.74) is 2.19. The standard InChI is InChI=1S/C21H25N3O4/c1-3-4-12-22-20(26)16-6-5-7-18(13-16)24-19(25)14-23-17-10-8-15(9-11-17)21(27)28-2/h5-11,13,23H,3-4,12,14H2,1-2H3,(H,22,26)(H,24,25). The molecule has 2 rings (SSSR count). The first-order valence-electron chi connectivity index (χ1n) is 9.14. The summed E-state index contributed by atoms with van der Waals surface area (Å²) in [7, 11) is 1.32. The summed E-state index contributed by atoms with van der Waals surface area (Å²) in [6, 6.07) is 13.4. The van der Waals surface area contributed by atoms with Crippen molar-refractivity contribution in [3.63, 3.8) is 0 Å². The average Bonchev–Trinajstić information content (AvgIpc) is 2.72. The van der Waals surface area contributed by atoms with E-state index in [-0.39, 0.29) is 18.4 Å². The first-order chi connectivity index (χ1) is 13.5. The number of carbonyl (C=O) groups is 3. The van der Waals surface area contributed by atoms with Crippen LogP contribution >= 0.6 is 0 Å². The Morgan fingerprint density at radius 1 is 0.964 bits per heavy atom. The van der Waals surface area contributed by atoms with Gasteiger partial charge in [-0.2, -0.15) is 0 Å². The van der Waals surface area contributed by atoms with Crippen molar-refractivity contribution in [1.82, 2.24) is 5.32 Å². The van der Waals surface area contributed by atoms with Crippen LogP contribution in [0.5, 0.6) is 0 Å². The van der Waals surface area contributed by atoms with E-state index in [9.17, 15) is 14.4 Å². The Kier molecular flexibility index (Phi) is 8.02. The van der Waals surface area contributed by atoms with E-state index in [2.05, 4.69) is 27.6 Å². The minimum absolute atomic E-state index is 0.0461. The number of rotatable bonds is 9. The average molecular weight is 383 g/mol. The molecular weight excluding hydrogens is 358 g/mol. The van der Waals surface area contributed by atoms with E-state index >= 15 is 0 Å². The van der Waals surface area contributed by atoms with Gasteiger partial charge in [0, 0.05) is 23.5 Å². The second kappa shape index (κ2) is 10.7. The lowest BCUT2D eigenvalue weighted by Gasteiger charge is -2.10. The summed E-state index contributed by atoms with van der Waals surface area (Å²) in [4.78, 5) is 35.7. The van der Waals surface area contributed by atoms with E-state index in [1.165, 1.54) is 7.11 Å². The second-order valence-electron chi connectivity index (χ2n) is 6.16. The number of anilines is 2. The molecule has 0 unspecified atom stereocenters. The molecule has 0 aromatic heterocycles. The van der Waals surface area contributed by atoms with E-state index in [0.717, 1.165) is 12.8 Å². The molecule has 7 heteroatoms. The molecule has 0 spiro atoms. The summed E-state index contributed by atoms with van der Waals surface area (Å²) in [6.45, 7) is 2.74. The first kappa shape index (κ1) is 21.0. The van der Waals surface area contributed by atoms with Gasteiger partial charge >= 0.3 is 5.97 Å². The van der Waals surface area contributed by atoms with Gasteiger partial charge in [-0.15, -0.1) is 0 Å². The molecule has 2 aromatic carbocycles. The Morgan fingerprint density at radius 2 is 1.71 bits per heavy atom. The highest BCUT2D eigenvalue weighted by atomic mass is 16.5. The normalized spacial score (nSPS) is 10.1. The molecule has 0 aliphatic rings. The van der Waals surface area contributed by atoms with Crippen molar-refractivity contribution in [1.29, 1.82) is 0 Å². The third-order valence-corrected chi connectivity index (χ3v) is 3.98. The SMILES string of the molecule is CCCCNC(=O)c1cccc(NC(=O)CNc2ccc(C(=O)OC)cc2)c1. The molecule has 0 fully saturated rings. The van der Waals surface area contributed by atoms with Crippen LogP contribution in [0.25, 0.3) is 0 Å². The van der Waals surface area contributed by atoms with Gasteiger partial charge in [0.25, 0.3) is 5.91 Å². The number of carbonyl (C=O) groups excluding carboxylic acids is 3. The molecule has 2 aromatic rings. The van der Waals surface area contributed by atoms with Crippen molar-refractivity contribution < 1.29 is 19.1 Å². The molecule has 0 heterocycles. The van der Waals surface area contributed by atoms with Crippen molar-refractivity contribution in [2.75, 3.05) is 30.8 Å². The minimum Gasteiger partial charge on any atom is -0.465 e. The molecule has 0 radical (unpaired) electrons. The molecule has 3 N–H and O–H groups in total. The maximum atomic E-state index is 12.2. The molecular formula is C21H25N3O4. The zero-order chi connectivity index (χ0) is 20.4. The molecule has 7 nitrogen and oxygen atoms in total. The van der Waals surface area contributed by atoms with Crippen LogP contribution in [-0.4, -0.2) is 38.0 Å². The first-order valence-corrected chi connectivity index (χ1v) is 9.14. The van der Waals surface area contributed by atoms with Crippen LogP contribution in [0.2, 0.25) is 0 Å². The highest BCUT2D eigenvalue weighted by Gasteiger charge is 2.08. The fraction of sp³-hybridized carbons (Fsp3) is 0.286. The lowest BCUT2D eigenvalue weighted by atomic mass is 10.2. The summed E-state index contributed by atoms with van der Waals surface area (Å²) in [5.74, 6) is -0.822. The molecule has 0 aliphatic heterocycles. The van der Waals surface area contributed by atoms with Gasteiger partial charge in [0.15, 0.2) is 0 Å².